The molecule has 1 unspecified atom stereocenters. The molecule has 0 saturated carbocycles. The Labute approximate surface area is 117 Å². The fourth-order valence-corrected chi connectivity index (χ4v) is 2.70. The number of para-hydroxylation sites is 1. The monoisotopic (exact) mass is 283 g/mol. The van der Waals surface area contributed by atoms with E-state index in [0.717, 1.165) is 32.5 Å². The van der Waals surface area contributed by atoms with Gasteiger partial charge in [-0.2, -0.15) is 0 Å². The van der Waals surface area contributed by atoms with Crippen LogP contribution in [0.15, 0.2) is 18.2 Å². The lowest BCUT2D eigenvalue weighted by atomic mass is 10.1. The van der Waals surface area contributed by atoms with Gasteiger partial charge in [0.25, 0.3) is 5.69 Å². The summed E-state index contributed by atoms with van der Waals surface area (Å²) in [6, 6.07) is 4.98. The largest absolute Gasteiger partial charge is 0.374 e. The number of likely N-dealkylation sites (N-methyl/N-ethyl adjacent to an activating group) is 1. The third kappa shape index (κ3) is 3.36. The minimum absolute atomic E-state index is 0.0427. The molecule has 1 N–H and O–H groups in total. The highest BCUT2D eigenvalue weighted by atomic mass is 35.5. The number of halogens is 1. The molecular formula is C13H18ClN3O2. The van der Waals surface area contributed by atoms with Crippen molar-refractivity contribution >= 4 is 23.0 Å². The number of nitro benzene ring substituents is 1. The van der Waals surface area contributed by atoms with Gasteiger partial charge < -0.3 is 10.2 Å². The van der Waals surface area contributed by atoms with E-state index in [9.17, 15) is 10.1 Å². The second-order valence-corrected chi connectivity index (χ2v) is 5.17. The Morgan fingerprint density at radius 1 is 1.58 bits per heavy atom. The SMILES string of the molecule is CCN1CCCC(Nc2c(Cl)cccc2[N+](=O)[O-])C1. The standard InChI is InChI=1S/C13H18ClN3O2/c1-2-16-8-4-5-10(9-16)15-13-11(14)6-3-7-12(13)17(18)19/h3,6-7,10,15H,2,4-5,8-9H2,1H3. The van der Waals surface area contributed by atoms with Crippen molar-refractivity contribution in [3.8, 4) is 0 Å². The van der Waals surface area contributed by atoms with Crippen LogP contribution < -0.4 is 5.32 Å². The molecule has 6 heteroatoms. The normalized spacial score (nSPS) is 20.2. The molecule has 0 aliphatic carbocycles. The average molecular weight is 284 g/mol. The highest BCUT2D eigenvalue weighted by Gasteiger charge is 2.23. The number of piperidine rings is 1. The van der Waals surface area contributed by atoms with E-state index in [0.29, 0.717) is 10.7 Å². The summed E-state index contributed by atoms with van der Waals surface area (Å²) in [5.74, 6) is 0. The molecule has 104 valence electrons. The Kier molecular flexibility index (Phi) is 4.61. The summed E-state index contributed by atoms with van der Waals surface area (Å²) in [5, 5.41) is 14.7. The molecule has 1 atom stereocenters. The summed E-state index contributed by atoms with van der Waals surface area (Å²) in [6.07, 6.45) is 2.11. The molecule has 1 aliphatic rings. The Morgan fingerprint density at radius 2 is 2.37 bits per heavy atom. The van der Waals surface area contributed by atoms with Crippen molar-refractivity contribution in [1.82, 2.24) is 4.90 Å². The maximum atomic E-state index is 11.0. The molecule has 1 heterocycles. The van der Waals surface area contributed by atoms with Gasteiger partial charge in [0, 0.05) is 18.7 Å². The molecule has 1 saturated heterocycles. The first-order valence-electron chi connectivity index (χ1n) is 6.53. The first-order chi connectivity index (χ1) is 9.11. The zero-order valence-corrected chi connectivity index (χ0v) is 11.7. The number of rotatable bonds is 4. The number of nitrogens with one attached hydrogen (secondary N) is 1. The van der Waals surface area contributed by atoms with Gasteiger partial charge in [-0.15, -0.1) is 0 Å². The summed E-state index contributed by atoms with van der Waals surface area (Å²) < 4.78 is 0. The predicted octanol–water partition coefficient (Wildman–Crippen LogP) is 3.14. The molecule has 1 fully saturated rings. The van der Waals surface area contributed by atoms with E-state index in [1.54, 1.807) is 12.1 Å². The molecule has 1 aliphatic heterocycles. The number of hydrogen-bond acceptors (Lipinski definition) is 4. The van der Waals surface area contributed by atoms with E-state index < -0.39 is 4.92 Å². The summed E-state index contributed by atoms with van der Waals surface area (Å²) in [5.41, 5.74) is 0.484. The van der Waals surface area contributed by atoms with Gasteiger partial charge in [-0.25, -0.2) is 0 Å². The molecule has 5 nitrogen and oxygen atoms in total. The third-order valence-electron chi connectivity index (χ3n) is 3.49. The Hall–Kier alpha value is -1.33. The predicted molar refractivity (Wildman–Crippen MR) is 76.9 cm³/mol. The molecule has 1 aromatic carbocycles. The van der Waals surface area contributed by atoms with Gasteiger partial charge in [0.15, 0.2) is 0 Å². The molecule has 0 radical (unpaired) electrons. The highest BCUT2D eigenvalue weighted by Crippen LogP contribution is 2.33. The Morgan fingerprint density at radius 3 is 3.05 bits per heavy atom. The number of benzene rings is 1. The van der Waals surface area contributed by atoms with E-state index in [-0.39, 0.29) is 11.7 Å². The fraction of sp³-hybridized carbons (Fsp3) is 0.538. The summed E-state index contributed by atoms with van der Waals surface area (Å²) in [6.45, 7) is 5.13. The quantitative estimate of drug-likeness (QED) is 0.681. The Bertz CT molecular complexity index is 467. The van der Waals surface area contributed by atoms with Gasteiger partial charge in [-0.1, -0.05) is 24.6 Å². The van der Waals surface area contributed by atoms with Crippen LogP contribution in [-0.2, 0) is 0 Å². The first kappa shape index (κ1) is 14.1. The van der Waals surface area contributed by atoms with Gasteiger partial charge >= 0.3 is 0 Å². The van der Waals surface area contributed by atoms with Gasteiger partial charge in [-0.3, -0.25) is 10.1 Å². The second-order valence-electron chi connectivity index (χ2n) is 4.77. The lowest BCUT2D eigenvalue weighted by Gasteiger charge is -2.32. The number of nitrogens with zero attached hydrogens (tertiary/aromatic N) is 2. The molecular weight excluding hydrogens is 266 g/mol. The van der Waals surface area contributed by atoms with Gasteiger partial charge in [0.1, 0.15) is 5.69 Å². The maximum absolute atomic E-state index is 11.0. The lowest BCUT2D eigenvalue weighted by molar-refractivity contribution is -0.384. The zero-order valence-electron chi connectivity index (χ0n) is 10.9. The van der Waals surface area contributed by atoms with Crippen molar-refractivity contribution in [2.24, 2.45) is 0 Å². The van der Waals surface area contributed by atoms with Crippen LogP contribution in [0.25, 0.3) is 0 Å². The van der Waals surface area contributed by atoms with Crippen LogP contribution >= 0.6 is 11.6 Å². The fourth-order valence-electron chi connectivity index (χ4n) is 2.47. The molecule has 1 aromatic rings. The van der Waals surface area contributed by atoms with Gasteiger partial charge in [0.2, 0.25) is 0 Å². The van der Waals surface area contributed by atoms with Crippen LogP contribution in [0, 0.1) is 10.1 Å². The highest BCUT2D eigenvalue weighted by molar-refractivity contribution is 6.33. The topological polar surface area (TPSA) is 58.4 Å². The summed E-state index contributed by atoms with van der Waals surface area (Å²) in [7, 11) is 0. The van der Waals surface area contributed by atoms with Crippen molar-refractivity contribution < 1.29 is 4.92 Å². The van der Waals surface area contributed by atoms with Crippen LogP contribution in [-0.4, -0.2) is 35.5 Å². The van der Waals surface area contributed by atoms with Crippen molar-refractivity contribution in [2.75, 3.05) is 25.0 Å². The number of nitro groups is 1. The number of likely N-dealkylation sites (tertiary alicyclic amines) is 1. The summed E-state index contributed by atoms with van der Waals surface area (Å²) in [4.78, 5) is 13.0. The van der Waals surface area contributed by atoms with Gasteiger partial charge in [-0.05, 0) is 32.0 Å². The van der Waals surface area contributed by atoms with E-state index in [4.69, 9.17) is 11.6 Å². The van der Waals surface area contributed by atoms with Crippen molar-refractivity contribution in [1.29, 1.82) is 0 Å². The number of anilines is 1. The number of hydrogen-bond donors (Lipinski definition) is 1. The van der Waals surface area contributed by atoms with Crippen LogP contribution in [0.5, 0.6) is 0 Å². The van der Waals surface area contributed by atoms with Crippen molar-refractivity contribution in [2.45, 2.75) is 25.8 Å². The zero-order chi connectivity index (χ0) is 13.8. The Balaban J connectivity index is 2.16. The minimum atomic E-state index is -0.394. The summed E-state index contributed by atoms with van der Waals surface area (Å²) >= 11 is 6.08. The maximum Gasteiger partial charge on any atom is 0.293 e. The first-order valence-corrected chi connectivity index (χ1v) is 6.91. The van der Waals surface area contributed by atoms with Crippen molar-refractivity contribution in [3.63, 3.8) is 0 Å². The van der Waals surface area contributed by atoms with Crippen LogP contribution in [0.3, 0.4) is 0 Å². The van der Waals surface area contributed by atoms with E-state index in [1.807, 2.05) is 0 Å². The molecule has 0 aromatic heterocycles. The molecule has 0 bridgehead atoms. The average Bonchev–Trinajstić information content (AvgIpc) is 2.41. The third-order valence-corrected chi connectivity index (χ3v) is 3.80. The van der Waals surface area contributed by atoms with Crippen LogP contribution in [0.2, 0.25) is 5.02 Å². The van der Waals surface area contributed by atoms with E-state index in [1.165, 1.54) is 6.07 Å². The molecule has 0 spiro atoms. The smallest absolute Gasteiger partial charge is 0.293 e. The van der Waals surface area contributed by atoms with E-state index >= 15 is 0 Å². The van der Waals surface area contributed by atoms with Gasteiger partial charge in [0.05, 0.1) is 9.95 Å². The molecule has 0 amide bonds. The van der Waals surface area contributed by atoms with E-state index in [2.05, 4.69) is 17.1 Å². The lowest BCUT2D eigenvalue weighted by Crippen LogP contribution is -2.41. The van der Waals surface area contributed by atoms with Crippen LogP contribution in [0.4, 0.5) is 11.4 Å². The minimum Gasteiger partial charge on any atom is -0.374 e. The molecule has 2 rings (SSSR count). The van der Waals surface area contributed by atoms with Crippen LogP contribution in [0.1, 0.15) is 19.8 Å². The van der Waals surface area contributed by atoms with Crippen molar-refractivity contribution in [3.05, 3.63) is 33.3 Å². The second kappa shape index (κ2) is 6.21. The molecule has 19 heavy (non-hydrogen) atoms.